The summed E-state index contributed by atoms with van der Waals surface area (Å²) < 4.78 is 3.79. The minimum absolute atomic E-state index is 0.515. The van der Waals surface area contributed by atoms with Gasteiger partial charge in [0.15, 0.2) is 0 Å². The molecule has 26 heavy (non-hydrogen) atoms. The highest BCUT2D eigenvalue weighted by Crippen LogP contribution is 2.31. The summed E-state index contributed by atoms with van der Waals surface area (Å²) in [5, 5.41) is 9.89. The third kappa shape index (κ3) is 2.48. The van der Waals surface area contributed by atoms with Gasteiger partial charge in [0.2, 0.25) is 0 Å². The van der Waals surface area contributed by atoms with E-state index in [2.05, 4.69) is 39.7 Å². The summed E-state index contributed by atoms with van der Waals surface area (Å²) in [7, 11) is 1.91. The van der Waals surface area contributed by atoms with Crippen molar-refractivity contribution in [3.05, 3.63) is 48.4 Å². The normalized spacial score (nSPS) is 11.3. The number of imidazole rings is 1. The number of nitrogens with two attached hydrogens (primary N) is 1. The van der Waals surface area contributed by atoms with Crippen molar-refractivity contribution < 1.29 is 0 Å². The second-order valence-corrected chi connectivity index (χ2v) is 6.38. The summed E-state index contributed by atoms with van der Waals surface area (Å²) in [4.78, 5) is 8.03. The fraction of sp³-hybridized carbons (Fsp3) is 0.211. The number of benzene rings is 1. The number of aryl methyl sites for hydroxylation is 3. The predicted molar refractivity (Wildman–Crippen MR) is 103 cm³/mol. The third-order valence-corrected chi connectivity index (χ3v) is 4.55. The Bertz CT molecular complexity index is 1130. The van der Waals surface area contributed by atoms with Crippen LogP contribution in [0.5, 0.6) is 0 Å². The fourth-order valence-corrected chi connectivity index (χ4v) is 3.22. The number of aromatic nitrogens is 6. The van der Waals surface area contributed by atoms with Gasteiger partial charge >= 0.3 is 0 Å². The zero-order valence-electron chi connectivity index (χ0n) is 15.1. The van der Waals surface area contributed by atoms with Crippen LogP contribution in [-0.2, 0) is 13.6 Å². The summed E-state index contributed by atoms with van der Waals surface area (Å²) in [5.74, 6) is 0.766. The summed E-state index contributed by atoms with van der Waals surface area (Å²) in [6, 6.07) is 6.05. The smallest absolute Gasteiger partial charge is 0.138 e. The van der Waals surface area contributed by atoms with E-state index < -0.39 is 0 Å². The molecule has 0 saturated heterocycles. The molecule has 1 aromatic carbocycles. The van der Waals surface area contributed by atoms with Crippen LogP contribution in [0.4, 0.5) is 0 Å². The lowest BCUT2D eigenvalue weighted by atomic mass is 10.0. The van der Waals surface area contributed by atoms with Crippen molar-refractivity contribution in [3.8, 4) is 22.8 Å². The molecule has 0 fully saturated rings. The average molecular weight is 347 g/mol. The standard InChI is InChI=1S/C19H21N7/c1-5-26-18(6-11(2)24-26)16-10-21-19(23-16)14-7-13(12(3)20)8-17-15(14)9-22-25(17)4/h6-10H,3,5,20H2,1-2,4H3,(H,21,23). The molecule has 0 aliphatic heterocycles. The van der Waals surface area contributed by atoms with E-state index >= 15 is 0 Å². The first kappa shape index (κ1) is 16.1. The van der Waals surface area contributed by atoms with Gasteiger partial charge in [0.25, 0.3) is 0 Å². The maximum absolute atomic E-state index is 5.94. The van der Waals surface area contributed by atoms with Crippen LogP contribution in [0.3, 0.4) is 0 Å². The number of nitrogens with one attached hydrogen (secondary N) is 1. The number of H-pyrrole nitrogens is 1. The lowest BCUT2D eigenvalue weighted by Crippen LogP contribution is -1.99. The molecular weight excluding hydrogens is 326 g/mol. The molecule has 0 saturated carbocycles. The van der Waals surface area contributed by atoms with Crippen LogP contribution < -0.4 is 5.73 Å². The van der Waals surface area contributed by atoms with Crippen molar-refractivity contribution in [1.82, 2.24) is 29.5 Å². The van der Waals surface area contributed by atoms with Crippen molar-refractivity contribution in [1.29, 1.82) is 0 Å². The SMILES string of the molecule is C=C(N)c1cc(-c2ncc(-c3cc(C)nn3CC)[nH]2)c2cnn(C)c2c1. The Hall–Kier alpha value is -3.35. The van der Waals surface area contributed by atoms with Gasteiger partial charge in [-0.1, -0.05) is 6.58 Å². The minimum Gasteiger partial charge on any atom is -0.399 e. The summed E-state index contributed by atoms with van der Waals surface area (Å²) >= 11 is 0. The lowest BCUT2D eigenvalue weighted by Gasteiger charge is -2.06. The van der Waals surface area contributed by atoms with Crippen LogP contribution in [0.2, 0.25) is 0 Å². The Morgan fingerprint density at radius 3 is 2.81 bits per heavy atom. The average Bonchev–Trinajstić information content (AvgIpc) is 3.32. The van der Waals surface area contributed by atoms with Crippen LogP contribution in [0.1, 0.15) is 18.2 Å². The second-order valence-electron chi connectivity index (χ2n) is 6.38. The molecule has 3 heterocycles. The first-order valence-corrected chi connectivity index (χ1v) is 8.48. The first-order chi connectivity index (χ1) is 12.5. The molecular formula is C19H21N7. The van der Waals surface area contributed by atoms with Crippen LogP contribution in [0.15, 0.2) is 37.2 Å². The van der Waals surface area contributed by atoms with Crippen LogP contribution in [0.25, 0.3) is 39.4 Å². The van der Waals surface area contributed by atoms with Crippen molar-refractivity contribution in [2.24, 2.45) is 12.8 Å². The molecule has 4 aromatic rings. The van der Waals surface area contributed by atoms with E-state index in [1.54, 1.807) is 0 Å². The van der Waals surface area contributed by atoms with Crippen LogP contribution in [0, 0.1) is 6.92 Å². The molecule has 0 atom stereocenters. The zero-order chi connectivity index (χ0) is 18.4. The molecule has 0 unspecified atom stereocenters. The zero-order valence-corrected chi connectivity index (χ0v) is 15.1. The van der Waals surface area contributed by atoms with Crippen LogP contribution >= 0.6 is 0 Å². The molecule has 7 nitrogen and oxygen atoms in total. The molecule has 132 valence electrons. The van der Waals surface area contributed by atoms with E-state index in [1.807, 2.05) is 47.9 Å². The second kappa shape index (κ2) is 5.87. The number of hydrogen-bond acceptors (Lipinski definition) is 4. The number of aromatic amines is 1. The Morgan fingerprint density at radius 1 is 1.27 bits per heavy atom. The Kier molecular flexibility index (Phi) is 3.64. The fourth-order valence-electron chi connectivity index (χ4n) is 3.22. The highest BCUT2D eigenvalue weighted by atomic mass is 15.3. The number of nitrogens with zero attached hydrogens (tertiary/aromatic N) is 5. The van der Waals surface area contributed by atoms with E-state index in [0.717, 1.165) is 51.5 Å². The van der Waals surface area contributed by atoms with E-state index in [-0.39, 0.29) is 0 Å². The maximum atomic E-state index is 5.94. The Labute approximate surface area is 151 Å². The van der Waals surface area contributed by atoms with E-state index in [9.17, 15) is 0 Å². The Balaban J connectivity index is 1.89. The quantitative estimate of drug-likeness (QED) is 0.593. The molecule has 7 heteroatoms. The van der Waals surface area contributed by atoms with Gasteiger partial charge in [-0.05, 0) is 37.6 Å². The molecule has 0 aliphatic carbocycles. The van der Waals surface area contributed by atoms with Gasteiger partial charge in [0, 0.05) is 30.2 Å². The summed E-state index contributed by atoms with van der Waals surface area (Å²) in [5.41, 5.74) is 12.2. The molecule has 0 radical (unpaired) electrons. The number of rotatable bonds is 4. The lowest BCUT2D eigenvalue weighted by molar-refractivity contribution is 0.659. The molecule has 0 aliphatic rings. The van der Waals surface area contributed by atoms with E-state index in [0.29, 0.717) is 5.70 Å². The molecule has 0 bridgehead atoms. The van der Waals surface area contributed by atoms with Gasteiger partial charge in [0.05, 0.1) is 35.0 Å². The third-order valence-electron chi connectivity index (χ3n) is 4.55. The van der Waals surface area contributed by atoms with Gasteiger partial charge < -0.3 is 10.7 Å². The summed E-state index contributed by atoms with van der Waals surface area (Å²) in [6.07, 6.45) is 3.68. The monoisotopic (exact) mass is 347 g/mol. The highest BCUT2D eigenvalue weighted by Gasteiger charge is 2.15. The van der Waals surface area contributed by atoms with Gasteiger partial charge in [0.1, 0.15) is 5.82 Å². The largest absolute Gasteiger partial charge is 0.399 e. The van der Waals surface area contributed by atoms with Crippen molar-refractivity contribution in [3.63, 3.8) is 0 Å². The van der Waals surface area contributed by atoms with Gasteiger partial charge in [-0.25, -0.2) is 4.98 Å². The Morgan fingerprint density at radius 2 is 2.08 bits per heavy atom. The molecule has 3 aromatic heterocycles. The first-order valence-electron chi connectivity index (χ1n) is 8.48. The summed E-state index contributed by atoms with van der Waals surface area (Å²) in [6.45, 7) is 8.72. The van der Waals surface area contributed by atoms with Crippen molar-refractivity contribution >= 4 is 16.6 Å². The topological polar surface area (TPSA) is 90.3 Å². The van der Waals surface area contributed by atoms with Gasteiger partial charge in [-0.2, -0.15) is 10.2 Å². The van der Waals surface area contributed by atoms with Gasteiger partial charge in [-0.3, -0.25) is 9.36 Å². The minimum atomic E-state index is 0.515. The van der Waals surface area contributed by atoms with Crippen molar-refractivity contribution in [2.75, 3.05) is 0 Å². The molecule has 3 N–H and O–H groups in total. The molecule has 4 rings (SSSR count). The molecule has 0 amide bonds. The maximum Gasteiger partial charge on any atom is 0.138 e. The predicted octanol–water partition coefficient (Wildman–Crippen LogP) is 3.08. The number of fused-ring (bicyclic) bond motifs is 1. The highest BCUT2D eigenvalue weighted by molar-refractivity contribution is 5.95. The number of hydrogen-bond donors (Lipinski definition) is 2. The van der Waals surface area contributed by atoms with Gasteiger partial charge in [-0.15, -0.1) is 0 Å². The van der Waals surface area contributed by atoms with E-state index in [4.69, 9.17) is 5.73 Å². The van der Waals surface area contributed by atoms with Crippen molar-refractivity contribution in [2.45, 2.75) is 20.4 Å². The van der Waals surface area contributed by atoms with E-state index in [1.165, 1.54) is 0 Å². The molecule has 0 spiro atoms. The van der Waals surface area contributed by atoms with Crippen LogP contribution in [-0.4, -0.2) is 29.5 Å².